The highest BCUT2D eigenvalue weighted by atomic mass is 35.5. The summed E-state index contributed by atoms with van der Waals surface area (Å²) < 4.78 is 16.5. The van der Waals surface area contributed by atoms with Gasteiger partial charge in [-0.25, -0.2) is 9.37 Å². The molecule has 4 aromatic rings. The number of rotatable bonds is 4. The molecule has 0 N–H and O–H groups in total. The summed E-state index contributed by atoms with van der Waals surface area (Å²) in [6.45, 7) is 0. The zero-order chi connectivity index (χ0) is 19.0. The van der Waals surface area contributed by atoms with Crippen LogP contribution in [0, 0.1) is 5.82 Å². The molecule has 0 saturated heterocycles. The van der Waals surface area contributed by atoms with Crippen molar-refractivity contribution >= 4 is 34.4 Å². The lowest BCUT2D eigenvalue weighted by Gasteiger charge is -2.12. The van der Waals surface area contributed by atoms with E-state index in [-0.39, 0.29) is 11.4 Å². The minimum Gasteiger partial charge on any atom is -0.268 e. The number of aryl methyl sites for hydroxylation is 1. The van der Waals surface area contributed by atoms with Gasteiger partial charge in [-0.2, -0.15) is 5.10 Å². The first-order valence-electron chi connectivity index (χ1n) is 8.11. The predicted molar refractivity (Wildman–Crippen MR) is 105 cm³/mol. The first kappa shape index (κ1) is 17.8. The highest BCUT2D eigenvalue weighted by Crippen LogP contribution is 2.25. The van der Waals surface area contributed by atoms with E-state index in [0.717, 1.165) is 5.56 Å². The molecule has 27 heavy (non-hydrogen) atoms. The van der Waals surface area contributed by atoms with E-state index in [1.54, 1.807) is 42.1 Å². The van der Waals surface area contributed by atoms with Crippen molar-refractivity contribution in [3.8, 4) is 5.69 Å². The molecule has 0 radical (unpaired) electrons. The summed E-state index contributed by atoms with van der Waals surface area (Å²) in [5.74, 6) is 0.170. The van der Waals surface area contributed by atoms with E-state index in [0.29, 0.717) is 32.7 Å². The normalized spacial score (nSPS) is 11.2. The van der Waals surface area contributed by atoms with Gasteiger partial charge in [0.05, 0.1) is 11.9 Å². The molecule has 0 aliphatic carbocycles. The maximum atomic E-state index is 13.5. The molecule has 136 valence electrons. The van der Waals surface area contributed by atoms with Crippen LogP contribution in [-0.4, -0.2) is 19.3 Å². The van der Waals surface area contributed by atoms with Crippen LogP contribution in [0.4, 0.5) is 4.39 Å². The van der Waals surface area contributed by atoms with Crippen molar-refractivity contribution in [3.05, 3.63) is 81.5 Å². The molecule has 0 unspecified atom stereocenters. The Morgan fingerprint density at radius 1 is 1.19 bits per heavy atom. The van der Waals surface area contributed by atoms with Crippen LogP contribution in [0.2, 0.25) is 5.02 Å². The van der Waals surface area contributed by atoms with Crippen molar-refractivity contribution in [2.45, 2.75) is 10.9 Å². The third-order valence-electron chi connectivity index (χ3n) is 4.06. The Balaban J connectivity index is 1.85. The van der Waals surface area contributed by atoms with Gasteiger partial charge in [0.25, 0.3) is 5.56 Å². The van der Waals surface area contributed by atoms with Gasteiger partial charge in [-0.05, 0) is 35.9 Å². The van der Waals surface area contributed by atoms with E-state index >= 15 is 0 Å². The number of hydrogen-bond acceptors (Lipinski definition) is 4. The molecule has 0 atom stereocenters. The second kappa shape index (κ2) is 7.17. The molecule has 8 heteroatoms. The fourth-order valence-electron chi connectivity index (χ4n) is 2.78. The monoisotopic (exact) mass is 400 g/mol. The Bertz CT molecular complexity index is 1200. The second-order valence-corrected chi connectivity index (χ2v) is 7.32. The zero-order valence-electron chi connectivity index (χ0n) is 14.3. The van der Waals surface area contributed by atoms with Crippen LogP contribution in [0.25, 0.3) is 16.7 Å². The molecule has 0 saturated carbocycles. The van der Waals surface area contributed by atoms with Gasteiger partial charge >= 0.3 is 0 Å². The molecule has 5 nitrogen and oxygen atoms in total. The number of nitrogens with zero attached hydrogens (tertiary/aromatic N) is 4. The van der Waals surface area contributed by atoms with Crippen LogP contribution in [0.5, 0.6) is 0 Å². The molecular weight excluding hydrogens is 387 g/mol. The van der Waals surface area contributed by atoms with Crippen molar-refractivity contribution in [1.29, 1.82) is 0 Å². The van der Waals surface area contributed by atoms with E-state index in [4.69, 9.17) is 11.6 Å². The van der Waals surface area contributed by atoms with Crippen molar-refractivity contribution in [2.75, 3.05) is 0 Å². The van der Waals surface area contributed by atoms with E-state index in [2.05, 4.69) is 10.1 Å². The Morgan fingerprint density at radius 2 is 2.00 bits per heavy atom. The summed E-state index contributed by atoms with van der Waals surface area (Å²) in [6, 6.07) is 13.4. The van der Waals surface area contributed by atoms with E-state index < -0.39 is 0 Å². The van der Waals surface area contributed by atoms with Crippen molar-refractivity contribution < 1.29 is 4.39 Å². The SMILES string of the molecule is Cn1ncc2c(=O)n(-c3cccc(Cl)c3)c(SCc3cccc(F)c3)nc21. The fraction of sp³-hybridized carbons (Fsp3) is 0.105. The van der Waals surface area contributed by atoms with Gasteiger partial charge in [-0.1, -0.05) is 41.6 Å². The molecule has 0 fully saturated rings. The highest BCUT2D eigenvalue weighted by molar-refractivity contribution is 7.98. The van der Waals surface area contributed by atoms with Gasteiger partial charge in [0.2, 0.25) is 0 Å². The summed E-state index contributed by atoms with van der Waals surface area (Å²) in [6.07, 6.45) is 1.51. The molecule has 2 aromatic heterocycles. The molecular formula is C19H14ClFN4OS. The van der Waals surface area contributed by atoms with Crippen LogP contribution in [0.1, 0.15) is 5.56 Å². The third-order valence-corrected chi connectivity index (χ3v) is 5.30. The standard InChI is InChI=1S/C19H14ClFN4OS/c1-24-17-16(10-22-24)18(26)25(15-7-3-5-13(20)9-15)19(23-17)27-11-12-4-2-6-14(21)8-12/h2-10H,11H2,1H3. The Morgan fingerprint density at radius 3 is 2.78 bits per heavy atom. The maximum absolute atomic E-state index is 13.5. The summed E-state index contributed by atoms with van der Waals surface area (Å²) in [7, 11) is 1.74. The quantitative estimate of drug-likeness (QED) is 0.380. The number of aromatic nitrogens is 4. The lowest BCUT2D eigenvalue weighted by Crippen LogP contribution is -2.21. The van der Waals surface area contributed by atoms with Crippen molar-refractivity contribution in [1.82, 2.24) is 19.3 Å². The molecule has 0 aliphatic rings. The topological polar surface area (TPSA) is 52.7 Å². The van der Waals surface area contributed by atoms with Gasteiger partial charge in [0.15, 0.2) is 10.8 Å². The predicted octanol–water partition coefficient (Wildman–Crippen LogP) is 4.20. The highest BCUT2D eigenvalue weighted by Gasteiger charge is 2.16. The summed E-state index contributed by atoms with van der Waals surface area (Å²) >= 11 is 7.46. The first-order chi connectivity index (χ1) is 13.0. The minimum absolute atomic E-state index is 0.225. The van der Waals surface area contributed by atoms with Gasteiger partial charge in [0, 0.05) is 17.8 Å². The summed E-state index contributed by atoms with van der Waals surface area (Å²) in [5, 5.41) is 5.57. The number of fused-ring (bicyclic) bond motifs is 1. The number of thioether (sulfide) groups is 1. The number of halogens is 2. The van der Waals surface area contributed by atoms with Gasteiger partial charge in [0.1, 0.15) is 11.2 Å². The van der Waals surface area contributed by atoms with E-state index in [9.17, 15) is 9.18 Å². The molecule has 2 aromatic carbocycles. The lowest BCUT2D eigenvalue weighted by molar-refractivity contribution is 0.626. The maximum Gasteiger partial charge on any atom is 0.269 e. The van der Waals surface area contributed by atoms with Crippen molar-refractivity contribution in [2.24, 2.45) is 7.05 Å². The minimum atomic E-state index is -0.296. The summed E-state index contributed by atoms with van der Waals surface area (Å²) in [5.41, 5.74) is 1.70. The number of hydrogen-bond donors (Lipinski definition) is 0. The Kier molecular flexibility index (Phi) is 4.72. The second-order valence-electron chi connectivity index (χ2n) is 5.94. The van der Waals surface area contributed by atoms with Crippen LogP contribution < -0.4 is 5.56 Å². The zero-order valence-corrected chi connectivity index (χ0v) is 15.8. The van der Waals surface area contributed by atoms with E-state index in [1.807, 2.05) is 6.07 Å². The third kappa shape index (κ3) is 3.48. The van der Waals surface area contributed by atoms with Crippen LogP contribution in [0.3, 0.4) is 0 Å². The van der Waals surface area contributed by atoms with Crippen molar-refractivity contribution in [3.63, 3.8) is 0 Å². The molecule has 0 bridgehead atoms. The van der Waals surface area contributed by atoms with Crippen LogP contribution in [0.15, 0.2) is 64.7 Å². The van der Waals surface area contributed by atoms with Gasteiger partial charge < -0.3 is 0 Å². The van der Waals surface area contributed by atoms with Crippen LogP contribution in [-0.2, 0) is 12.8 Å². The van der Waals surface area contributed by atoms with Gasteiger partial charge in [-0.15, -0.1) is 0 Å². The smallest absolute Gasteiger partial charge is 0.268 e. The average molecular weight is 401 g/mol. The lowest BCUT2D eigenvalue weighted by atomic mass is 10.2. The number of benzene rings is 2. The molecule has 4 rings (SSSR count). The largest absolute Gasteiger partial charge is 0.269 e. The van der Waals surface area contributed by atoms with Crippen LogP contribution >= 0.6 is 23.4 Å². The molecule has 0 aliphatic heterocycles. The molecule has 0 amide bonds. The molecule has 2 heterocycles. The fourth-order valence-corrected chi connectivity index (χ4v) is 3.91. The Labute approximate surface area is 163 Å². The Hall–Kier alpha value is -2.64. The summed E-state index contributed by atoms with van der Waals surface area (Å²) in [4.78, 5) is 17.7. The first-order valence-corrected chi connectivity index (χ1v) is 9.47. The van der Waals surface area contributed by atoms with Gasteiger partial charge in [-0.3, -0.25) is 14.0 Å². The molecule has 0 spiro atoms. The average Bonchev–Trinajstić information content (AvgIpc) is 3.01. The van der Waals surface area contributed by atoms with E-state index in [1.165, 1.54) is 34.7 Å².